The fraction of sp³-hybridized carbons (Fsp3) is 0.400. The summed E-state index contributed by atoms with van der Waals surface area (Å²) in [5.41, 5.74) is -0.682. The number of benzene rings is 1. The maximum absolute atomic E-state index is 12.4. The van der Waals surface area contributed by atoms with Crippen molar-refractivity contribution in [3.05, 3.63) is 29.8 Å². The topological polar surface area (TPSA) is 38.8 Å². The number of ether oxygens (including phenoxy) is 2. The van der Waals surface area contributed by atoms with Crippen molar-refractivity contribution in [1.82, 2.24) is 0 Å². The summed E-state index contributed by atoms with van der Waals surface area (Å²) in [7, 11) is 0. The van der Waals surface area contributed by atoms with Crippen molar-refractivity contribution < 1.29 is 14.3 Å². The number of carbonyl (C=O) groups excluding carboxylic acids is 1. The average Bonchev–Trinajstić information content (AvgIpc) is 3.01. The minimum absolute atomic E-state index is 0.0916. The van der Waals surface area contributed by atoms with Crippen LogP contribution in [0.3, 0.4) is 0 Å². The van der Waals surface area contributed by atoms with Crippen LogP contribution >= 0.6 is 0 Å². The molecule has 2 heterocycles. The first kappa shape index (κ1) is 11.3. The standard InChI is InChI=1S/C15H14O3/c1-14(2,3)8-9-15-12(16)10-6-4-5-7-11(10)17-13(15)18-15/h4-7,13H,1-3H3. The highest BCUT2D eigenvalue weighted by atomic mass is 16.8. The van der Waals surface area contributed by atoms with Crippen LogP contribution < -0.4 is 4.74 Å². The lowest BCUT2D eigenvalue weighted by Crippen LogP contribution is -2.32. The smallest absolute Gasteiger partial charge is 0.258 e. The van der Waals surface area contributed by atoms with Gasteiger partial charge < -0.3 is 9.47 Å². The lowest BCUT2D eigenvalue weighted by molar-refractivity contribution is 0.0908. The van der Waals surface area contributed by atoms with Gasteiger partial charge in [-0.3, -0.25) is 4.79 Å². The number of ketones is 1. The minimum atomic E-state index is -1.07. The number of Topliss-reactive ketones (excluding diaryl/α,β-unsaturated/α-hetero) is 1. The molecule has 3 nitrogen and oxygen atoms in total. The molecule has 1 saturated heterocycles. The van der Waals surface area contributed by atoms with Crippen molar-refractivity contribution in [3.8, 4) is 17.6 Å². The van der Waals surface area contributed by atoms with E-state index in [2.05, 4.69) is 11.8 Å². The number of epoxide rings is 1. The number of carbonyl (C=O) groups is 1. The highest BCUT2D eigenvalue weighted by Crippen LogP contribution is 2.46. The first-order valence-electron chi connectivity index (χ1n) is 5.95. The van der Waals surface area contributed by atoms with Crippen molar-refractivity contribution in [2.24, 2.45) is 5.41 Å². The highest BCUT2D eigenvalue weighted by Gasteiger charge is 2.67. The largest absolute Gasteiger partial charge is 0.459 e. The predicted octanol–water partition coefficient (Wildman–Crippen LogP) is 2.41. The molecule has 0 aliphatic carbocycles. The average molecular weight is 242 g/mol. The van der Waals surface area contributed by atoms with Crippen LogP contribution in [0.1, 0.15) is 31.1 Å². The maximum atomic E-state index is 12.4. The quantitative estimate of drug-likeness (QED) is 0.518. The Balaban J connectivity index is 2.00. The Hall–Kier alpha value is -1.79. The number of para-hydroxylation sites is 1. The maximum Gasteiger partial charge on any atom is 0.258 e. The van der Waals surface area contributed by atoms with Gasteiger partial charge >= 0.3 is 0 Å². The molecule has 1 aromatic rings. The third-order valence-corrected chi connectivity index (χ3v) is 2.89. The molecule has 2 aliphatic rings. The molecular formula is C15H14O3. The molecule has 2 unspecified atom stereocenters. The second-order valence-electron chi connectivity index (χ2n) is 5.63. The summed E-state index contributed by atoms with van der Waals surface area (Å²) in [6, 6.07) is 7.17. The predicted molar refractivity (Wildman–Crippen MR) is 66.2 cm³/mol. The zero-order chi connectivity index (χ0) is 13.0. The summed E-state index contributed by atoms with van der Waals surface area (Å²) in [6.45, 7) is 5.99. The third kappa shape index (κ3) is 1.61. The summed E-state index contributed by atoms with van der Waals surface area (Å²) >= 11 is 0. The zero-order valence-electron chi connectivity index (χ0n) is 10.6. The first-order valence-corrected chi connectivity index (χ1v) is 5.95. The van der Waals surface area contributed by atoms with Crippen LogP contribution in [0.4, 0.5) is 0 Å². The first-order chi connectivity index (χ1) is 8.42. The molecule has 0 radical (unpaired) electrons. The van der Waals surface area contributed by atoms with Crippen molar-refractivity contribution in [2.75, 3.05) is 0 Å². The van der Waals surface area contributed by atoms with E-state index >= 15 is 0 Å². The van der Waals surface area contributed by atoms with E-state index in [1.807, 2.05) is 32.9 Å². The van der Waals surface area contributed by atoms with Crippen molar-refractivity contribution >= 4 is 5.78 Å². The lowest BCUT2D eigenvalue weighted by atomic mass is 9.91. The van der Waals surface area contributed by atoms with Gasteiger partial charge in [0.05, 0.1) is 5.56 Å². The Morgan fingerprint density at radius 3 is 2.72 bits per heavy atom. The molecule has 0 amide bonds. The van der Waals surface area contributed by atoms with Crippen LogP contribution in [-0.2, 0) is 4.74 Å². The van der Waals surface area contributed by atoms with Gasteiger partial charge in [-0.1, -0.05) is 24.0 Å². The van der Waals surface area contributed by atoms with E-state index in [0.29, 0.717) is 11.3 Å². The van der Waals surface area contributed by atoms with Crippen molar-refractivity contribution in [1.29, 1.82) is 0 Å². The van der Waals surface area contributed by atoms with Gasteiger partial charge in [0, 0.05) is 5.41 Å². The van der Waals surface area contributed by atoms with E-state index in [1.54, 1.807) is 12.1 Å². The van der Waals surface area contributed by atoms with E-state index < -0.39 is 11.9 Å². The molecule has 18 heavy (non-hydrogen) atoms. The number of fused-ring (bicyclic) bond motifs is 2. The van der Waals surface area contributed by atoms with E-state index in [9.17, 15) is 4.79 Å². The molecule has 2 atom stereocenters. The van der Waals surface area contributed by atoms with Crippen LogP contribution in [0.25, 0.3) is 0 Å². The van der Waals surface area contributed by atoms with E-state index in [0.717, 1.165) is 0 Å². The van der Waals surface area contributed by atoms with Crippen LogP contribution in [-0.4, -0.2) is 17.7 Å². The molecule has 0 N–H and O–H groups in total. The Morgan fingerprint density at radius 1 is 1.28 bits per heavy atom. The summed E-state index contributed by atoms with van der Waals surface area (Å²) < 4.78 is 11.0. The Morgan fingerprint density at radius 2 is 2.00 bits per heavy atom. The van der Waals surface area contributed by atoms with Gasteiger partial charge in [-0.05, 0) is 32.9 Å². The normalized spacial score (nSPS) is 28.4. The summed E-state index contributed by atoms with van der Waals surface area (Å²) in [5.74, 6) is 6.51. The minimum Gasteiger partial charge on any atom is -0.459 e. The van der Waals surface area contributed by atoms with Crippen molar-refractivity contribution in [2.45, 2.75) is 32.7 Å². The van der Waals surface area contributed by atoms with E-state index in [-0.39, 0.29) is 11.2 Å². The van der Waals surface area contributed by atoms with Crippen LogP contribution in [0, 0.1) is 17.3 Å². The second kappa shape index (κ2) is 3.37. The molecule has 0 spiro atoms. The van der Waals surface area contributed by atoms with E-state index in [1.165, 1.54) is 0 Å². The fourth-order valence-electron chi connectivity index (χ4n) is 1.90. The summed E-state index contributed by atoms with van der Waals surface area (Å²) in [6.07, 6.45) is -0.547. The zero-order valence-corrected chi connectivity index (χ0v) is 10.6. The Kier molecular flexibility index (Phi) is 2.11. The van der Waals surface area contributed by atoms with Gasteiger partial charge in [-0.15, -0.1) is 0 Å². The molecule has 2 aliphatic heterocycles. The second-order valence-corrected chi connectivity index (χ2v) is 5.63. The monoisotopic (exact) mass is 242 g/mol. The SMILES string of the molecule is CC(C)(C)C#CC12OC1Oc1ccccc1C2=O. The van der Waals surface area contributed by atoms with Gasteiger partial charge in [0.1, 0.15) is 5.75 Å². The number of hydrogen-bond donors (Lipinski definition) is 0. The van der Waals surface area contributed by atoms with Gasteiger partial charge in [-0.2, -0.15) is 0 Å². The van der Waals surface area contributed by atoms with E-state index in [4.69, 9.17) is 9.47 Å². The summed E-state index contributed by atoms with van der Waals surface area (Å²) in [5, 5.41) is 0. The third-order valence-electron chi connectivity index (χ3n) is 2.89. The molecule has 1 fully saturated rings. The van der Waals surface area contributed by atoms with Gasteiger partial charge in [0.2, 0.25) is 5.78 Å². The van der Waals surface area contributed by atoms with Crippen LogP contribution in [0.5, 0.6) is 5.75 Å². The number of hydrogen-bond acceptors (Lipinski definition) is 3. The molecule has 0 aromatic heterocycles. The molecule has 92 valence electrons. The molecule has 3 heteroatoms. The van der Waals surface area contributed by atoms with Crippen LogP contribution in [0.15, 0.2) is 24.3 Å². The van der Waals surface area contributed by atoms with Gasteiger partial charge in [0.15, 0.2) is 0 Å². The Labute approximate surface area is 106 Å². The highest BCUT2D eigenvalue weighted by molar-refractivity contribution is 6.10. The van der Waals surface area contributed by atoms with Gasteiger partial charge in [-0.25, -0.2) is 0 Å². The molecule has 0 saturated carbocycles. The summed E-state index contributed by atoms with van der Waals surface area (Å²) in [4.78, 5) is 12.4. The fourth-order valence-corrected chi connectivity index (χ4v) is 1.90. The Bertz CT molecular complexity index is 586. The molecule has 0 bridgehead atoms. The molecule has 3 rings (SSSR count). The van der Waals surface area contributed by atoms with Crippen molar-refractivity contribution in [3.63, 3.8) is 0 Å². The van der Waals surface area contributed by atoms with Crippen LogP contribution in [0.2, 0.25) is 0 Å². The lowest BCUT2D eigenvalue weighted by Gasteiger charge is -2.16. The molecule has 1 aromatic carbocycles. The number of rotatable bonds is 0. The van der Waals surface area contributed by atoms with Gasteiger partial charge in [0.25, 0.3) is 11.9 Å². The molecular weight excluding hydrogens is 228 g/mol.